The van der Waals surface area contributed by atoms with Crippen LogP contribution in [0.25, 0.3) is 11.3 Å². The number of carbonyl (C=O) groups is 1. The van der Waals surface area contributed by atoms with Crippen molar-refractivity contribution < 1.29 is 4.79 Å². The molecule has 2 heterocycles. The van der Waals surface area contributed by atoms with Gasteiger partial charge in [0.2, 0.25) is 0 Å². The summed E-state index contributed by atoms with van der Waals surface area (Å²) in [6.45, 7) is 4.00. The first-order valence-electron chi connectivity index (χ1n) is 7.21. The largest absolute Gasteiger partial charge is 0.305 e. The van der Waals surface area contributed by atoms with Crippen LogP contribution in [0.1, 0.15) is 30.4 Å². The van der Waals surface area contributed by atoms with Crippen LogP contribution in [0.5, 0.6) is 0 Å². The van der Waals surface area contributed by atoms with Crippen molar-refractivity contribution in [3.8, 4) is 11.3 Å². The molecule has 0 saturated heterocycles. The minimum atomic E-state index is -0.264. The second-order valence-corrected chi connectivity index (χ2v) is 5.82. The van der Waals surface area contributed by atoms with Crippen LogP contribution in [0, 0.1) is 0 Å². The van der Waals surface area contributed by atoms with E-state index in [1.165, 1.54) is 0 Å². The summed E-state index contributed by atoms with van der Waals surface area (Å²) in [5.74, 6) is 0.382. The van der Waals surface area contributed by atoms with E-state index in [0.29, 0.717) is 22.2 Å². The maximum atomic E-state index is 12.3. The fourth-order valence-corrected chi connectivity index (χ4v) is 2.34. The summed E-state index contributed by atoms with van der Waals surface area (Å²) in [6, 6.07) is 10.9. The van der Waals surface area contributed by atoms with Gasteiger partial charge in [-0.2, -0.15) is 10.2 Å². The molecule has 2 aromatic heterocycles. The number of nitrogens with one attached hydrogen (secondary N) is 2. The van der Waals surface area contributed by atoms with Crippen molar-refractivity contribution in [1.82, 2.24) is 20.0 Å². The SMILES string of the molecule is CC(C)n1nccc1NC(=O)c1cc(-c2ccc(Cl)cc2)n[nH]1. The predicted octanol–water partition coefficient (Wildman–Crippen LogP) is 3.76. The van der Waals surface area contributed by atoms with Gasteiger partial charge in [0.25, 0.3) is 5.91 Å². The zero-order valence-electron chi connectivity index (χ0n) is 12.7. The standard InChI is InChI=1S/C16H16ClN5O/c1-10(2)22-15(7-8-18-22)19-16(23)14-9-13(20-21-14)11-3-5-12(17)6-4-11/h3-10H,1-2H3,(H,19,23)(H,20,21). The van der Waals surface area contributed by atoms with Crippen molar-refractivity contribution in [1.29, 1.82) is 0 Å². The number of nitrogens with zero attached hydrogens (tertiary/aromatic N) is 3. The van der Waals surface area contributed by atoms with Gasteiger partial charge in [-0.25, -0.2) is 4.68 Å². The smallest absolute Gasteiger partial charge is 0.274 e. The van der Waals surface area contributed by atoms with E-state index in [4.69, 9.17) is 11.6 Å². The third-order valence-electron chi connectivity index (χ3n) is 3.36. The van der Waals surface area contributed by atoms with Crippen molar-refractivity contribution >= 4 is 23.3 Å². The number of rotatable bonds is 4. The minimum absolute atomic E-state index is 0.159. The molecule has 1 amide bonds. The Labute approximate surface area is 138 Å². The van der Waals surface area contributed by atoms with Crippen LogP contribution in [0.15, 0.2) is 42.6 Å². The highest BCUT2D eigenvalue weighted by Crippen LogP contribution is 2.21. The fraction of sp³-hybridized carbons (Fsp3) is 0.188. The molecule has 1 aromatic carbocycles. The molecular formula is C16H16ClN5O. The Morgan fingerprint density at radius 1 is 1.26 bits per heavy atom. The zero-order chi connectivity index (χ0) is 16.4. The molecule has 0 radical (unpaired) electrons. The van der Waals surface area contributed by atoms with Crippen molar-refractivity contribution in [3.05, 3.63) is 53.3 Å². The Morgan fingerprint density at radius 3 is 2.70 bits per heavy atom. The average molecular weight is 330 g/mol. The Hall–Kier alpha value is -2.60. The summed E-state index contributed by atoms with van der Waals surface area (Å²) >= 11 is 5.87. The molecule has 0 aliphatic heterocycles. The number of hydrogen-bond acceptors (Lipinski definition) is 3. The van der Waals surface area contributed by atoms with Crippen LogP contribution >= 0.6 is 11.6 Å². The molecule has 118 valence electrons. The summed E-state index contributed by atoms with van der Waals surface area (Å²) in [6.07, 6.45) is 1.65. The zero-order valence-corrected chi connectivity index (χ0v) is 13.5. The lowest BCUT2D eigenvalue weighted by Gasteiger charge is -2.10. The van der Waals surface area contributed by atoms with E-state index in [-0.39, 0.29) is 11.9 Å². The number of halogens is 1. The highest BCUT2D eigenvalue weighted by atomic mass is 35.5. The van der Waals surface area contributed by atoms with Gasteiger partial charge in [0.05, 0.1) is 11.9 Å². The second-order valence-electron chi connectivity index (χ2n) is 5.38. The van der Waals surface area contributed by atoms with E-state index in [9.17, 15) is 4.79 Å². The number of amides is 1. The lowest BCUT2D eigenvalue weighted by atomic mass is 10.1. The lowest BCUT2D eigenvalue weighted by Crippen LogP contribution is -2.17. The first kappa shape index (κ1) is 15.3. The quantitative estimate of drug-likeness (QED) is 0.765. The molecule has 0 fully saturated rings. The number of H-pyrrole nitrogens is 1. The van der Waals surface area contributed by atoms with Crippen LogP contribution in [0.4, 0.5) is 5.82 Å². The van der Waals surface area contributed by atoms with Crippen molar-refractivity contribution in [3.63, 3.8) is 0 Å². The number of carbonyl (C=O) groups excluding carboxylic acids is 1. The first-order chi connectivity index (χ1) is 11.0. The molecule has 2 N–H and O–H groups in total. The molecule has 3 aromatic rings. The topological polar surface area (TPSA) is 75.6 Å². The molecule has 6 nitrogen and oxygen atoms in total. The van der Waals surface area contributed by atoms with E-state index in [1.807, 2.05) is 26.0 Å². The third-order valence-corrected chi connectivity index (χ3v) is 3.62. The Morgan fingerprint density at radius 2 is 2.00 bits per heavy atom. The Balaban J connectivity index is 1.78. The molecule has 0 aliphatic carbocycles. The number of aromatic nitrogens is 4. The fourth-order valence-electron chi connectivity index (χ4n) is 2.21. The van der Waals surface area contributed by atoms with E-state index in [2.05, 4.69) is 20.6 Å². The van der Waals surface area contributed by atoms with E-state index in [1.54, 1.807) is 35.1 Å². The van der Waals surface area contributed by atoms with Crippen molar-refractivity contribution in [2.24, 2.45) is 0 Å². The highest BCUT2D eigenvalue weighted by molar-refractivity contribution is 6.30. The molecule has 0 aliphatic rings. The van der Waals surface area contributed by atoms with Crippen LogP contribution in [0.2, 0.25) is 5.02 Å². The van der Waals surface area contributed by atoms with Crippen LogP contribution in [0.3, 0.4) is 0 Å². The minimum Gasteiger partial charge on any atom is -0.305 e. The summed E-state index contributed by atoms with van der Waals surface area (Å²) in [4.78, 5) is 12.3. The number of aromatic amines is 1. The van der Waals surface area contributed by atoms with Gasteiger partial charge < -0.3 is 5.32 Å². The lowest BCUT2D eigenvalue weighted by molar-refractivity contribution is 0.102. The predicted molar refractivity (Wildman–Crippen MR) is 89.6 cm³/mol. The van der Waals surface area contributed by atoms with Crippen molar-refractivity contribution in [2.75, 3.05) is 5.32 Å². The summed E-state index contributed by atoms with van der Waals surface area (Å²) in [5.41, 5.74) is 1.95. The van der Waals surface area contributed by atoms with Gasteiger partial charge in [-0.05, 0) is 32.0 Å². The first-order valence-corrected chi connectivity index (χ1v) is 7.58. The number of hydrogen-bond donors (Lipinski definition) is 2. The van der Waals surface area contributed by atoms with E-state index >= 15 is 0 Å². The average Bonchev–Trinajstić information content (AvgIpc) is 3.16. The van der Waals surface area contributed by atoms with Gasteiger partial charge in [0.1, 0.15) is 11.5 Å². The Kier molecular flexibility index (Phi) is 4.16. The van der Waals surface area contributed by atoms with Crippen LogP contribution < -0.4 is 5.32 Å². The molecule has 7 heteroatoms. The maximum absolute atomic E-state index is 12.3. The normalized spacial score (nSPS) is 11.0. The van der Waals surface area contributed by atoms with Crippen molar-refractivity contribution in [2.45, 2.75) is 19.9 Å². The summed E-state index contributed by atoms with van der Waals surface area (Å²) < 4.78 is 1.74. The highest BCUT2D eigenvalue weighted by Gasteiger charge is 2.14. The van der Waals surface area contributed by atoms with Gasteiger partial charge in [0.15, 0.2) is 0 Å². The molecule has 0 atom stereocenters. The molecule has 0 bridgehead atoms. The van der Waals surface area contributed by atoms with Gasteiger partial charge in [-0.1, -0.05) is 23.7 Å². The van der Waals surface area contributed by atoms with E-state index in [0.717, 1.165) is 5.56 Å². The van der Waals surface area contributed by atoms with E-state index < -0.39 is 0 Å². The molecule has 0 spiro atoms. The maximum Gasteiger partial charge on any atom is 0.274 e. The third kappa shape index (κ3) is 3.27. The second kappa shape index (κ2) is 6.26. The summed E-state index contributed by atoms with van der Waals surface area (Å²) in [7, 11) is 0. The molecule has 3 rings (SSSR count). The van der Waals surface area contributed by atoms with Gasteiger partial charge in [0, 0.05) is 22.7 Å². The van der Waals surface area contributed by atoms with Crippen LogP contribution in [-0.2, 0) is 0 Å². The number of anilines is 1. The van der Waals surface area contributed by atoms with Gasteiger partial charge in [-0.15, -0.1) is 0 Å². The van der Waals surface area contributed by atoms with Gasteiger partial charge >= 0.3 is 0 Å². The molecule has 23 heavy (non-hydrogen) atoms. The molecule has 0 unspecified atom stereocenters. The van der Waals surface area contributed by atoms with Gasteiger partial charge in [-0.3, -0.25) is 9.89 Å². The molecule has 0 saturated carbocycles. The summed E-state index contributed by atoms with van der Waals surface area (Å²) in [5, 5.41) is 14.6. The van der Waals surface area contributed by atoms with Crippen LogP contribution in [-0.4, -0.2) is 25.9 Å². The number of benzene rings is 1. The monoisotopic (exact) mass is 329 g/mol. The molecular weight excluding hydrogens is 314 g/mol. The Bertz CT molecular complexity index is 819.